The van der Waals surface area contributed by atoms with Crippen molar-refractivity contribution >= 4 is 12.0 Å². The van der Waals surface area contributed by atoms with Gasteiger partial charge >= 0.3 is 12.0 Å². The smallest absolute Gasteiger partial charge is 0.326 e. The molecule has 2 amide bonds. The van der Waals surface area contributed by atoms with Crippen molar-refractivity contribution in [3.63, 3.8) is 0 Å². The third kappa shape index (κ3) is 3.77. The van der Waals surface area contributed by atoms with Gasteiger partial charge in [-0.2, -0.15) is 0 Å². The first-order chi connectivity index (χ1) is 7.04. The summed E-state index contributed by atoms with van der Waals surface area (Å²) in [5, 5.41) is 13.8. The summed E-state index contributed by atoms with van der Waals surface area (Å²) in [5.74, 6) is 0.264. The van der Waals surface area contributed by atoms with E-state index >= 15 is 0 Å². The fourth-order valence-electron chi connectivity index (χ4n) is 1.45. The summed E-state index contributed by atoms with van der Waals surface area (Å²) in [4.78, 5) is 21.9. The maximum Gasteiger partial charge on any atom is 0.326 e. The van der Waals surface area contributed by atoms with Crippen molar-refractivity contribution in [1.82, 2.24) is 10.6 Å². The van der Waals surface area contributed by atoms with Crippen LogP contribution < -0.4 is 10.6 Å². The number of rotatable bonds is 5. The Morgan fingerprint density at radius 3 is 2.53 bits per heavy atom. The van der Waals surface area contributed by atoms with Crippen LogP contribution in [-0.2, 0) is 4.79 Å². The minimum Gasteiger partial charge on any atom is -0.480 e. The first kappa shape index (κ1) is 11.8. The van der Waals surface area contributed by atoms with E-state index in [0.717, 1.165) is 6.42 Å². The summed E-state index contributed by atoms with van der Waals surface area (Å²) in [7, 11) is 0. The number of carboxylic acids is 1. The van der Waals surface area contributed by atoms with Gasteiger partial charge in [-0.15, -0.1) is 0 Å². The average molecular weight is 214 g/mol. The summed E-state index contributed by atoms with van der Waals surface area (Å²) >= 11 is 0. The Bertz CT molecular complexity index is 255. The van der Waals surface area contributed by atoms with Crippen molar-refractivity contribution in [2.75, 3.05) is 6.54 Å². The second-order valence-corrected chi connectivity index (χ2v) is 4.13. The second-order valence-electron chi connectivity index (χ2n) is 4.13. The van der Waals surface area contributed by atoms with E-state index in [0.29, 0.717) is 24.8 Å². The topological polar surface area (TPSA) is 78.4 Å². The van der Waals surface area contributed by atoms with Crippen LogP contribution >= 0.6 is 0 Å². The molecule has 0 aromatic heterocycles. The number of hydrogen-bond donors (Lipinski definition) is 3. The molecular weight excluding hydrogens is 196 g/mol. The molecular formula is C10H18N2O3. The lowest BCUT2D eigenvalue weighted by atomic mass is 10.2. The Morgan fingerprint density at radius 1 is 1.53 bits per heavy atom. The number of hydrogen-bond acceptors (Lipinski definition) is 2. The van der Waals surface area contributed by atoms with E-state index in [-0.39, 0.29) is 6.03 Å². The quantitative estimate of drug-likeness (QED) is 0.633. The lowest BCUT2D eigenvalue weighted by Crippen LogP contribution is -2.46. The van der Waals surface area contributed by atoms with Gasteiger partial charge in [-0.1, -0.05) is 13.8 Å². The van der Waals surface area contributed by atoms with Gasteiger partial charge in [0.1, 0.15) is 6.04 Å². The zero-order valence-corrected chi connectivity index (χ0v) is 9.12. The predicted molar refractivity (Wildman–Crippen MR) is 55.5 cm³/mol. The molecule has 5 nitrogen and oxygen atoms in total. The minimum absolute atomic E-state index is 0.386. The number of aliphatic carboxylic acids is 1. The van der Waals surface area contributed by atoms with Crippen molar-refractivity contribution in [2.45, 2.75) is 32.7 Å². The number of carbonyl (C=O) groups is 2. The number of urea groups is 1. The summed E-state index contributed by atoms with van der Waals surface area (Å²) < 4.78 is 0. The highest BCUT2D eigenvalue weighted by Gasteiger charge is 2.32. The summed E-state index contributed by atoms with van der Waals surface area (Å²) in [6, 6.07) is -1.18. The molecule has 0 radical (unpaired) electrons. The van der Waals surface area contributed by atoms with Gasteiger partial charge in [-0.05, 0) is 24.7 Å². The molecule has 1 aliphatic rings. The third-order valence-electron chi connectivity index (χ3n) is 2.81. The van der Waals surface area contributed by atoms with Crippen molar-refractivity contribution in [3.05, 3.63) is 0 Å². The SMILES string of the molecule is CC[C@@H](NC(=O)NCC1CC1C)C(=O)O. The second kappa shape index (κ2) is 5.00. The van der Waals surface area contributed by atoms with Gasteiger partial charge < -0.3 is 15.7 Å². The normalized spacial score (nSPS) is 25.5. The number of nitrogens with one attached hydrogen (secondary N) is 2. The lowest BCUT2D eigenvalue weighted by Gasteiger charge is -2.12. The molecule has 0 heterocycles. The molecule has 0 bridgehead atoms. The molecule has 2 unspecified atom stereocenters. The molecule has 86 valence electrons. The molecule has 0 aromatic carbocycles. The highest BCUT2D eigenvalue weighted by atomic mass is 16.4. The fourth-order valence-corrected chi connectivity index (χ4v) is 1.45. The van der Waals surface area contributed by atoms with Gasteiger partial charge in [0.25, 0.3) is 0 Å². The van der Waals surface area contributed by atoms with Crippen LogP contribution in [0.25, 0.3) is 0 Å². The van der Waals surface area contributed by atoms with Crippen LogP contribution in [0.2, 0.25) is 0 Å². The first-order valence-electron chi connectivity index (χ1n) is 5.31. The summed E-state index contributed by atoms with van der Waals surface area (Å²) in [6.07, 6.45) is 1.54. The molecule has 0 aromatic rings. The largest absolute Gasteiger partial charge is 0.480 e. The molecule has 1 fully saturated rings. The Hall–Kier alpha value is -1.26. The van der Waals surface area contributed by atoms with E-state index in [4.69, 9.17) is 5.11 Å². The first-order valence-corrected chi connectivity index (χ1v) is 5.31. The van der Waals surface area contributed by atoms with E-state index in [1.807, 2.05) is 0 Å². The van der Waals surface area contributed by atoms with Crippen LogP contribution in [0.5, 0.6) is 0 Å². The van der Waals surface area contributed by atoms with Gasteiger partial charge in [0.15, 0.2) is 0 Å². The highest BCUT2D eigenvalue weighted by molar-refractivity contribution is 5.82. The zero-order valence-electron chi connectivity index (χ0n) is 9.12. The van der Waals surface area contributed by atoms with Gasteiger partial charge in [0.2, 0.25) is 0 Å². The third-order valence-corrected chi connectivity index (χ3v) is 2.81. The summed E-state index contributed by atoms with van der Waals surface area (Å²) in [5.41, 5.74) is 0. The average Bonchev–Trinajstić information content (AvgIpc) is 2.87. The van der Waals surface area contributed by atoms with Crippen molar-refractivity contribution in [2.24, 2.45) is 11.8 Å². The zero-order chi connectivity index (χ0) is 11.4. The Morgan fingerprint density at radius 2 is 2.13 bits per heavy atom. The van der Waals surface area contributed by atoms with E-state index in [1.54, 1.807) is 6.92 Å². The van der Waals surface area contributed by atoms with Gasteiger partial charge in [0.05, 0.1) is 0 Å². The van der Waals surface area contributed by atoms with Gasteiger partial charge in [-0.25, -0.2) is 9.59 Å². The molecule has 0 saturated heterocycles. The molecule has 0 spiro atoms. The lowest BCUT2D eigenvalue weighted by molar-refractivity contribution is -0.139. The van der Waals surface area contributed by atoms with Crippen molar-refractivity contribution in [1.29, 1.82) is 0 Å². The monoisotopic (exact) mass is 214 g/mol. The van der Waals surface area contributed by atoms with Crippen LogP contribution in [0.4, 0.5) is 4.79 Å². The van der Waals surface area contributed by atoms with Crippen LogP contribution in [0, 0.1) is 11.8 Å². The van der Waals surface area contributed by atoms with Crippen LogP contribution in [-0.4, -0.2) is 29.7 Å². The molecule has 15 heavy (non-hydrogen) atoms. The van der Waals surface area contributed by atoms with E-state index in [2.05, 4.69) is 17.6 Å². The van der Waals surface area contributed by atoms with Gasteiger partial charge in [0, 0.05) is 6.54 Å². The van der Waals surface area contributed by atoms with Crippen molar-refractivity contribution < 1.29 is 14.7 Å². The molecule has 1 saturated carbocycles. The fraction of sp³-hybridized carbons (Fsp3) is 0.800. The molecule has 3 atom stereocenters. The van der Waals surface area contributed by atoms with E-state index < -0.39 is 12.0 Å². The molecule has 0 aliphatic heterocycles. The highest BCUT2D eigenvalue weighted by Crippen LogP contribution is 2.36. The number of amides is 2. The Labute approximate surface area is 89.2 Å². The Kier molecular flexibility index (Phi) is 3.94. The Balaban J connectivity index is 2.19. The van der Waals surface area contributed by atoms with E-state index in [1.165, 1.54) is 0 Å². The van der Waals surface area contributed by atoms with Crippen LogP contribution in [0.1, 0.15) is 26.7 Å². The van der Waals surface area contributed by atoms with E-state index in [9.17, 15) is 9.59 Å². The van der Waals surface area contributed by atoms with Crippen molar-refractivity contribution in [3.8, 4) is 0 Å². The minimum atomic E-state index is -0.993. The molecule has 1 rings (SSSR count). The standard InChI is InChI=1S/C10H18N2O3/c1-3-8(9(13)14)12-10(15)11-5-7-4-6(7)2/h6-8H,3-5H2,1-2H3,(H,13,14)(H2,11,12,15)/t6?,7?,8-/m1/s1. The molecule has 1 aliphatic carbocycles. The molecule has 5 heteroatoms. The summed E-state index contributed by atoms with van der Waals surface area (Å²) in [6.45, 7) is 4.50. The molecule has 3 N–H and O–H groups in total. The van der Waals surface area contributed by atoms with Crippen LogP contribution in [0.3, 0.4) is 0 Å². The van der Waals surface area contributed by atoms with Crippen LogP contribution in [0.15, 0.2) is 0 Å². The maximum absolute atomic E-state index is 11.3. The predicted octanol–water partition coefficient (Wildman–Crippen LogP) is 0.805. The maximum atomic E-state index is 11.3. The number of carbonyl (C=O) groups excluding carboxylic acids is 1. The van der Waals surface area contributed by atoms with Gasteiger partial charge in [-0.3, -0.25) is 0 Å². The number of carboxylic acid groups (broad SMARTS) is 1.